The van der Waals surface area contributed by atoms with Crippen molar-refractivity contribution in [2.45, 2.75) is 26.1 Å². The van der Waals surface area contributed by atoms with Crippen LogP contribution in [0.5, 0.6) is 0 Å². The molecule has 0 radical (unpaired) electrons. The predicted molar refractivity (Wildman–Crippen MR) is 78.0 cm³/mol. The number of rotatable bonds is 4. The summed E-state index contributed by atoms with van der Waals surface area (Å²) in [6.07, 6.45) is 0.234. The van der Waals surface area contributed by atoms with E-state index in [1.54, 1.807) is 0 Å². The topological polar surface area (TPSA) is 9.23 Å². The van der Waals surface area contributed by atoms with Crippen LogP contribution in [0.1, 0.15) is 37.2 Å². The zero-order chi connectivity index (χ0) is 12.1. The maximum absolute atomic E-state index is 6.02. The van der Waals surface area contributed by atoms with Crippen LogP contribution in [0.25, 0.3) is 0 Å². The molecule has 0 aliphatic carbocycles. The molecule has 2 aromatic carbocycles. The molecule has 0 saturated carbocycles. The van der Waals surface area contributed by atoms with Gasteiger partial charge in [-0.2, -0.15) is 0 Å². The van der Waals surface area contributed by atoms with Crippen molar-refractivity contribution in [3.63, 3.8) is 0 Å². The van der Waals surface area contributed by atoms with Gasteiger partial charge in [0.25, 0.3) is 0 Å². The number of hydrogen-bond donors (Lipinski definition) is 0. The first-order valence-corrected chi connectivity index (χ1v) is 6.02. The minimum atomic E-state index is 0. The monoisotopic (exact) mass is 262 g/mol. The molecule has 2 aromatic rings. The van der Waals surface area contributed by atoms with Gasteiger partial charge in [0.15, 0.2) is 0 Å². The van der Waals surface area contributed by atoms with E-state index in [0.29, 0.717) is 0 Å². The lowest BCUT2D eigenvalue weighted by atomic mass is 10.1. The van der Waals surface area contributed by atoms with Gasteiger partial charge in [0, 0.05) is 0 Å². The van der Waals surface area contributed by atoms with Crippen LogP contribution in [0, 0.1) is 0 Å². The van der Waals surface area contributed by atoms with E-state index in [9.17, 15) is 0 Å². The summed E-state index contributed by atoms with van der Waals surface area (Å²) >= 11 is 0. The Kier molecular flexibility index (Phi) is 5.90. The molecule has 0 saturated heterocycles. The van der Waals surface area contributed by atoms with E-state index < -0.39 is 0 Å². The van der Waals surface area contributed by atoms with Gasteiger partial charge >= 0.3 is 0 Å². The van der Waals surface area contributed by atoms with Gasteiger partial charge in [0.1, 0.15) is 0 Å². The zero-order valence-electron chi connectivity index (χ0n) is 10.7. The average Bonchev–Trinajstić information content (AvgIpc) is 2.40. The predicted octanol–water partition coefficient (Wildman–Crippen LogP) is 4.95. The van der Waals surface area contributed by atoms with Gasteiger partial charge < -0.3 is 4.74 Å². The summed E-state index contributed by atoms with van der Waals surface area (Å²) in [5.41, 5.74) is 2.44. The maximum Gasteiger partial charge on any atom is 0.0805 e. The molecule has 2 heteroatoms. The van der Waals surface area contributed by atoms with Gasteiger partial charge in [-0.25, -0.2) is 0 Å². The average molecular weight is 263 g/mol. The first-order valence-electron chi connectivity index (χ1n) is 6.02. The maximum atomic E-state index is 6.02. The van der Waals surface area contributed by atoms with Crippen molar-refractivity contribution < 1.29 is 4.74 Å². The molecular weight excluding hydrogens is 244 g/mol. The fourth-order valence-corrected chi connectivity index (χ4v) is 1.91. The van der Waals surface area contributed by atoms with Gasteiger partial charge in [-0.1, -0.05) is 60.7 Å². The standard InChI is InChI=1S/C16H18O.ClH/c1-13(15-9-5-3-6-10-15)17-14(2)16-11-7-4-8-12-16;/h3-14H,1-2H3;1H. The smallest absolute Gasteiger partial charge is 0.0805 e. The van der Waals surface area contributed by atoms with E-state index in [0.717, 1.165) is 0 Å². The van der Waals surface area contributed by atoms with Crippen LogP contribution in [-0.2, 0) is 4.74 Å². The van der Waals surface area contributed by atoms with Crippen molar-refractivity contribution in [3.8, 4) is 0 Å². The van der Waals surface area contributed by atoms with Crippen molar-refractivity contribution in [2.24, 2.45) is 0 Å². The molecule has 2 unspecified atom stereocenters. The zero-order valence-corrected chi connectivity index (χ0v) is 11.6. The molecule has 18 heavy (non-hydrogen) atoms. The summed E-state index contributed by atoms with van der Waals surface area (Å²) in [6.45, 7) is 4.18. The molecule has 96 valence electrons. The molecule has 1 nitrogen and oxygen atoms in total. The first-order chi connectivity index (χ1) is 8.27. The van der Waals surface area contributed by atoms with Crippen molar-refractivity contribution in [3.05, 3.63) is 71.8 Å². The minimum Gasteiger partial charge on any atom is -0.366 e. The molecule has 2 rings (SSSR count). The fraction of sp³-hybridized carbons (Fsp3) is 0.250. The molecule has 0 fully saturated rings. The van der Waals surface area contributed by atoms with Crippen LogP contribution in [-0.4, -0.2) is 0 Å². The quantitative estimate of drug-likeness (QED) is 0.758. The highest BCUT2D eigenvalue weighted by Crippen LogP contribution is 2.25. The Bertz CT molecular complexity index is 398. The van der Waals surface area contributed by atoms with Crippen LogP contribution in [0.4, 0.5) is 0 Å². The third-order valence-electron chi connectivity index (χ3n) is 2.95. The van der Waals surface area contributed by atoms with Crippen molar-refractivity contribution in [2.75, 3.05) is 0 Å². The van der Waals surface area contributed by atoms with Crippen LogP contribution >= 0.6 is 12.4 Å². The first kappa shape index (κ1) is 14.7. The second-order valence-corrected chi connectivity index (χ2v) is 4.24. The lowest BCUT2D eigenvalue weighted by molar-refractivity contribution is 0.00586. The van der Waals surface area contributed by atoms with E-state index in [4.69, 9.17) is 4.74 Å². The Morgan fingerprint density at radius 1 is 0.667 bits per heavy atom. The summed E-state index contributed by atoms with van der Waals surface area (Å²) < 4.78 is 6.02. The second-order valence-electron chi connectivity index (χ2n) is 4.24. The second kappa shape index (κ2) is 7.20. The molecule has 2 atom stereocenters. The molecule has 0 aliphatic heterocycles. The van der Waals surface area contributed by atoms with Crippen LogP contribution in [0.3, 0.4) is 0 Å². The molecule has 0 heterocycles. The number of benzene rings is 2. The summed E-state index contributed by atoms with van der Waals surface area (Å²) in [6, 6.07) is 20.6. The molecule has 0 aromatic heterocycles. The number of hydrogen-bond acceptors (Lipinski definition) is 1. The summed E-state index contributed by atoms with van der Waals surface area (Å²) in [5, 5.41) is 0. The summed E-state index contributed by atoms with van der Waals surface area (Å²) in [7, 11) is 0. The fourth-order valence-electron chi connectivity index (χ4n) is 1.91. The van der Waals surface area contributed by atoms with Crippen molar-refractivity contribution in [1.29, 1.82) is 0 Å². The largest absolute Gasteiger partial charge is 0.366 e. The lowest BCUT2D eigenvalue weighted by Crippen LogP contribution is -2.04. The van der Waals surface area contributed by atoms with Crippen molar-refractivity contribution in [1.82, 2.24) is 0 Å². The number of halogens is 1. The molecule has 0 aliphatic rings. The Labute approximate surface area is 115 Å². The van der Waals surface area contributed by atoms with E-state index in [1.165, 1.54) is 11.1 Å². The third-order valence-corrected chi connectivity index (χ3v) is 2.95. The van der Waals surface area contributed by atoms with Crippen LogP contribution < -0.4 is 0 Å². The van der Waals surface area contributed by atoms with Gasteiger partial charge in [-0.3, -0.25) is 0 Å². The molecule has 0 spiro atoms. The van der Waals surface area contributed by atoms with Crippen LogP contribution in [0.2, 0.25) is 0 Å². The Hall–Kier alpha value is -1.31. The van der Waals surface area contributed by atoms with Crippen LogP contribution in [0.15, 0.2) is 60.7 Å². The van der Waals surface area contributed by atoms with E-state index in [1.807, 2.05) is 36.4 Å². The van der Waals surface area contributed by atoms with E-state index in [-0.39, 0.29) is 24.6 Å². The SMILES string of the molecule is CC(OC(C)c1ccccc1)c1ccccc1.Cl. The Morgan fingerprint density at radius 2 is 1.00 bits per heavy atom. The van der Waals surface area contributed by atoms with E-state index >= 15 is 0 Å². The highest BCUT2D eigenvalue weighted by molar-refractivity contribution is 5.85. The summed E-state index contributed by atoms with van der Waals surface area (Å²) in [5.74, 6) is 0. The molecule has 0 bridgehead atoms. The molecule has 0 N–H and O–H groups in total. The Balaban J connectivity index is 0.00000162. The van der Waals surface area contributed by atoms with Gasteiger partial charge in [-0.15, -0.1) is 12.4 Å². The van der Waals surface area contributed by atoms with Gasteiger partial charge in [-0.05, 0) is 25.0 Å². The van der Waals surface area contributed by atoms with Crippen molar-refractivity contribution >= 4 is 12.4 Å². The lowest BCUT2D eigenvalue weighted by Gasteiger charge is -2.19. The van der Waals surface area contributed by atoms with Gasteiger partial charge in [0.2, 0.25) is 0 Å². The number of ether oxygens (including phenoxy) is 1. The minimum absolute atomic E-state index is 0. The normalized spacial score (nSPS) is 13.4. The third kappa shape index (κ3) is 3.86. The molecule has 0 amide bonds. The van der Waals surface area contributed by atoms with Gasteiger partial charge in [0.05, 0.1) is 12.2 Å². The van der Waals surface area contributed by atoms with E-state index in [2.05, 4.69) is 38.1 Å². The summed E-state index contributed by atoms with van der Waals surface area (Å²) in [4.78, 5) is 0. The molecular formula is C16H19ClO. The Morgan fingerprint density at radius 3 is 1.33 bits per heavy atom. The highest BCUT2D eigenvalue weighted by atomic mass is 35.5. The highest BCUT2D eigenvalue weighted by Gasteiger charge is 2.11.